The summed E-state index contributed by atoms with van der Waals surface area (Å²) in [6.07, 6.45) is 1.82. The molecule has 0 N–H and O–H groups in total. The van der Waals surface area contributed by atoms with Gasteiger partial charge < -0.3 is 4.84 Å². The number of carbonyl (C=O) groups excluding carboxylic acids is 3. The van der Waals surface area contributed by atoms with Crippen molar-refractivity contribution in [2.45, 2.75) is 46.5 Å². The lowest BCUT2D eigenvalue weighted by atomic mass is 9.92. The molecule has 17 heavy (non-hydrogen) atoms. The van der Waals surface area contributed by atoms with Gasteiger partial charge in [0.15, 0.2) is 0 Å². The summed E-state index contributed by atoms with van der Waals surface area (Å²) in [6.45, 7) is 5.83. The largest absolute Gasteiger partial charge is 0.336 e. The predicted octanol–water partition coefficient (Wildman–Crippen LogP) is 1.67. The highest BCUT2D eigenvalue weighted by Gasteiger charge is 2.35. The van der Waals surface area contributed by atoms with Gasteiger partial charge in [0.2, 0.25) is 0 Å². The lowest BCUT2D eigenvalue weighted by Gasteiger charge is -2.21. The SMILES string of the molecule is CCC[C@H](C(=O)ON1C(=O)CCC1=O)C(C)C. The fourth-order valence-corrected chi connectivity index (χ4v) is 1.85. The van der Waals surface area contributed by atoms with E-state index in [4.69, 9.17) is 4.84 Å². The zero-order chi connectivity index (χ0) is 13.0. The van der Waals surface area contributed by atoms with Crippen LogP contribution in [0.1, 0.15) is 46.5 Å². The molecule has 0 radical (unpaired) electrons. The maximum atomic E-state index is 11.9. The van der Waals surface area contributed by atoms with Gasteiger partial charge in [0.1, 0.15) is 0 Å². The fourth-order valence-electron chi connectivity index (χ4n) is 1.85. The smallest absolute Gasteiger partial charge is 0.330 e. The van der Waals surface area contributed by atoms with Crippen LogP contribution in [0.4, 0.5) is 0 Å². The van der Waals surface area contributed by atoms with E-state index in [1.54, 1.807) is 0 Å². The Hall–Kier alpha value is -1.39. The molecule has 1 aliphatic heterocycles. The number of amides is 2. The van der Waals surface area contributed by atoms with Crippen LogP contribution < -0.4 is 0 Å². The van der Waals surface area contributed by atoms with Crippen molar-refractivity contribution in [3.8, 4) is 0 Å². The molecular weight excluding hydrogens is 222 g/mol. The molecular formula is C12H19NO4. The molecule has 0 aliphatic carbocycles. The van der Waals surface area contributed by atoms with Gasteiger partial charge in [-0.1, -0.05) is 27.2 Å². The van der Waals surface area contributed by atoms with Gasteiger partial charge in [0.05, 0.1) is 5.92 Å². The van der Waals surface area contributed by atoms with Crippen LogP contribution in [0.5, 0.6) is 0 Å². The van der Waals surface area contributed by atoms with E-state index in [-0.39, 0.29) is 24.7 Å². The van der Waals surface area contributed by atoms with Gasteiger partial charge >= 0.3 is 5.97 Å². The molecule has 0 aromatic heterocycles. The van der Waals surface area contributed by atoms with E-state index in [9.17, 15) is 14.4 Å². The molecule has 1 fully saturated rings. The third-order valence-corrected chi connectivity index (χ3v) is 2.89. The highest BCUT2D eigenvalue weighted by Crippen LogP contribution is 2.21. The van der Waals surface area contributed by atoms with Crippen LogP contribution >= 0.6 is 0 Å². The van der Waals surface area contributed by atoms with Crippen molar-refractivity contribution in [1.82, 2.24) is 5.06 Å². The van der Waals surface area contributed by atoms with Crippen molar-refractivity contribution in [1.29, 1.82) is 0 Å². The van der Waals surface area contributed by atoms with Gasteiger partial charge in [-0.3, -0.25) is 9.59 Å². The Balaban J connectivity index is 2.63. The van der Waals surface area contributed by atoms with Crippen LogP contribution in [-0.2, 0) is 19.2 Å². The first-order valence-corrected chi connectivity index (χ1v) is 6.05. The van der Waals surface area contributed by atoms with E-state index >= 15 is 0 Å². The number of rotatable bonds is 5. The monoisotopic (exact) mass is 241 g/mol. The van der Waals surface area contributed by atoms with Crippen LogP contribution in [0.25, 0.3) is 0 Å². The van der Waals surface area contributed by atoms with E-state index in [1.165, 1.54) is 0 Å². The van der Waals surface area contributed by atoms with E-state index in [0.717, 1.165) is 6.42 Å². The second kappa shape index (κ2) is 5.80. The van der Waals surface area contributed by atoms with Gasteiger partial charge in [-0.2, -0.15) is 0 Å². The Labute approximate surface area is 101 Å². The quantitative estimate of drug-likeness (QED) is 0.687. The highest BCUT2D eigenvalue weighted by atomic mass is 16.7. The summed E-state index contributed by atoms with van der Waals surface area (Å²) in [7, 11) is 0. The average molecular weight is 241 g/mol. The van der Waals surface area contributed by atoms with E-state index in [1.807, 2.05) is 20.8 Å². The van der Waals surface area contributed by atoms with Crippen molar-refractivity contribution >= 4 is 17.8 Å². The molecule has 0 aromatic carbocycles. The van der Waals surface area contributed by atoms with Gasteiger partial charge in [-0.05, 0) is 12.3 Å². The van der Waals surface area contributed by atoms with Crippen LogP contribution in [-0.4, -0.2) is 22.8 Å². The number of hydroxylamine groups is 2. The molecule has 1 rings (SSSR count). The minimum atomic E-state index is -0.481. The molecule has 0 saturated carbocycles. The summed E-state index contributed by atoms with van der Waals surface area (Å²) in [5.41, 5.74) is 0. The van der Waals surface area contributed by atoms with Crippen molar-refractivity contribution < 1.29 is 19.2 Å². The average Bonchev–Trinajstić information content (AvgIpc) is 2.57. The van der Waals surface area contributed by atoms with Crippen molar-refractivity contribution in [3.05, 3.63) is 0 Å². The maximum absolute atomic E-state index is 11.9. The fraction of sp³-hybridized carbons (Fsp3) is 0.750. The molecule has 0 aromatic rings. The molecule has 0 spiro atoms. The number of nitrogens with zero attached hydrogens (tertiary/aromatic N) is 1. The third kappa shape index (κ3) is 3.28. The van der Waals surface area contributed by atoms with Crippen LogP contribution in [0.2, 0.25) is 0 Å². The summed E-state index contributed by atoms with van der Waals surface area (Å²) in [6, 6.07) is 0. The molecule has 5 nitrogen and oxygen atoms in total. The first-order chi connectivity index (χ1) is 7.97. The Morgan fingerprint density at radius 1 is 1.29 bits per heavy atom. The molecule has 1 heterocycles. The topological polar surface area (TPSA) is 63.7 Å². The first-order valence-electron chi connectivity index (χ1n) is 6.05. The minimum Gasteiger partial charge on any atom is -0.330 e. The molecule has 2 amide bonds. The number of hydrogen-bond acceptors (Lipinski definition) is 4. The van der Waals surface area contributed by atoms with Crippen LogP contribution in [0.15, 0.2) is 0 Å². The zero-order valence-electron chi connectivity index (χ0n) is 10.6. The normalized spacial score (nSPS) is 17.8. The molecule has 1 aliphatic rings. The summed E-state index contributed by atoms with van der Waals surface area (Å²) >= 11 is 0. The van der Waals surface area contributed by atoms with Gasteiger partial charge in [0, 0.05) is 12.8 Å². The van der Waals surface area contributed by atoms with Gasteiger partial charge in [-0.25, -0.2) is 4.79 Å². The standard InChI is InChI=1S/C12H19NO4/c1-4-5-9(8(2)3)12(16)17-13-10(14)6-7-11(13)15/h8-9H,4-7H2,1-3H3/t9-/m0/s1. The lowest BCUT2D eigenvalue weighted by Crippen LogP contribution is -2.35. The number of hydrogen-bond donors (Lipinski definition) is 0. The Morgan fingerprint density at radius 2 is 1.82 bits per heavy atom. The number of carbonyl (C=O) groups is 3. The molecule has 5 heteroatoms. The van der Waals surface area contributed by atoms with Crippen LogP contribution in [0.3, 0.4) is 0 Å². The highest BCUT2D eigenvalue weighted by molar-refractivity contribution is 6.01. The van der Waals surface area contributed by atoms with E-state index < -0.39 is 17.8 Å². The second-order valence-corrected chi connectivity index (χ2v) is 4.63. The van der Waals surface area contributed by atoms with E-state index in [2.05, 4.69) is 0 Å². The zero-order valence-corrected chi connectivity index (χ0v) is 10.6. The summed E-state index contributed by atoms with van der Waals surface area (Å²) in [5.74, 6) is -1.47. The van der Waals surface area contributed by atoms with Crippen molar-refractivity contribution in [2.75, 3.05) is 0 Å². The molecule has 0 unspecified atom stereocenters. The molecule has 0 bridgehead atoms. The summed E-state index contributed by atoms with van der Waals surface area (Å²) in [5, 5.41) is 0.618. The predicted molar refractivity (Wildman–Crippen MR) is 60.4 cm³/mol. The summed E-state index contributed by atoms with van der Waals surface area (Å²) < 4.78 is 0. The van der Waals surface area contributed by atoms with Gasteiger partial charge in [0.25, 0.3) is 11.8 Å². The first kappa shape index (κ1) is 13.7. The molecule has 96 valence electrons. The molecule has 1 saturated heterocycles. The van der Waals surface area contributed by atoms with Gasteiger partial charge in [-0.15, -0.1) is 5.06 Å². The second-order valence-electron chi connectivity index (χ2n) is 4.63. The van der Waals surface area contributed by atoms with Crippen molar-refractivity contribution in [3.63, 3.8) is 0 Å². The van der Waals surface area contributed by atoms with Crippen molar-refractivity contribution in [2.24, 2.45) is 11.8 Å². The maximum Gasteiger partial charge on any atom is 0.336 e. The molecule has 1 atom stereocenters. The summed E-state index contributed by atoms with van der Waals surface area (Å²) in [4.78, 5) is 39.4. The lowest BCUT2D eigenvalue weighted by molar-refractivity contribution is -0.201. The van der Waals surface area contributed by atoms with Crippen LogP contribution in [0, 0.1) is 11.8 Å². The number of imide groups is 1. The third-order valence-electron chi connectivity index (χ3n) is 2.89. The Morgan fingerprint density at radius 3 is 2.24 bits per heavy atom. The Bertz CT molecular complexity index is 308. The Kier molecular flexibility index (Phi) is 4.66. The van der Waals surface area contributed by atoms with E-state index in [0.29, 0.717) is 11.5 Å². The minimum absolute atomic E-state index is 0.131.